The lowest BCUT2D eigenvalue weighted by Gasteiger charge is -2.44. The number of rotatable bonds is 10. The molecule has 3 aliphatic carbocycles. The minimum Gasteiger partial charge on any atom is -0.329 e. The van der Waals surface area contributed by atoms with Gasteiger partial charge in [0.2, 0.25) is 0 Å². The second-order valence-corrected chi connectivity index (χ2v) is 15.8. The highest BCUT2D eigenvalue weighted by molar-refractivity contribution is 7.46. The maximum Gasteiger partial charge on any atom is 0.470 e. The summed E-state index contributed by atoms with van der Waals surface area (Å²) in [5.74, 6) is 3.33. The molecule has 0 heterocycles. The lowest BCUT2D eigenvalue weighted by Crippen LogP contribution is -2.45. The molecule has 0 aliphatic heterocycles. The molecule has 0 spiro atoms. The van der Waals surface area contributed by atoms with Crippen LogP contribution < -0.4 is 0 Å². The molecule has 0 amide bonds. The van der Waals surface area contributed by atoms with Crippen LogP contribution in [0.15, 0.2) is 47.6 Å². The first kappa shape index (κ1) is 32.5. The van der Waals surface area contributed by atoms with Gasteiger partial charge < -0.3 is 14.3 Å². The fourth-order valence-corrected chi connectivity index (χ4v) is 8.19. The molecule has 3 rings (SSSR count). The third kappa shape index (κ3) is 8.76. The summed E-state index contributed by atoms with van der Waals surface area (Å²) in [5.41, 5.74) is 4.33. The van der Waals surface area contributed by atoms with Crippen LogP contribution >= 0.6 is 7.82 Å². The first-order valence-corrected chi connectivity index (χ1v) is 16.8. The van der Waals surface area contributed by atoms with Crippen molar-refractivity contribution in [3.05, 3.63) is 47.6 Å². The second kappa shape index (κ2) is 12.9. The van der Waals surface area contributed by atoms with E-state index in [1.54, 1.807) is 5.57 Å². The van der Waals surface area contributed by atoms with E-state index in [-0.39, 0.29) is 5.92 Å². The zero-order chi connectivity index (χ0) is 29.2. The number of nitrogens with zero attached hydrogens (tertiary/aromatic N) is 1. The van der Waals surface area contributed by atoms with E-state index in [9.17, 15) is 14.4 Å². The van der Waals surface area contributed by atoms with E-state index in [0.717, 1.165) is 30.8 Å². The lowest BCUT2D eigenvalue weighted by atomic mass is 9.61. The van der Waals surface area contributed by atoms with Gasteiger partial charge in [-0.2, -0.15) is 0 Å². The van der Waals surface area contributed by atoms with Crippen LogP contribution in [0.5, 0.6) is 0 Å². The maximum atomic E-state index is 11.8. The number of hydrogen-bond acceptors (Lipinski definition) is 2. The summed E-state index contributed by atoms with van der Waals surface area (Å²) in [6, 6.07) is 0. The number of phosphoric acid groups is 1. The molecule has 7 atom stereocenters. The summed E-state index contributed by atoms with van der Waals surface area (Å²) in [4.78, 5) is 19.2. The van der Waals surface area contributed by atoms with E-state index in [0.29, 0.717) is 40.1 Å². The average Bonchev–Trinajstić information content (AvgIpc) is 3.17. The van der Waals surface area contributed by atoms with Gasteiger partial charge in [0.05, 0.1) is 21.1 Å². The summed E-state index contributed by atoms with van der Waals surface area (Å²) in [6.07, 6.45) is 17.9. The molecule has 6 heteroatoms. The molecule has 2 N–H and O–H groups in total. The van der Waals surface area contributed by atoms with Gasteiger partial charge in [-0.25, -0.2) is 4.57 Å². The number of quaternary nitrogens is 1. The fourth-order valence-electron chi connectivity index (χ4n) is 7.59. The van der Waals surface area contributed by atoms with Crippen molar-refractivity contribution in [1.82, 2.24) is 0 Å². The van der Waals surface area contributed by atoms with Crippen molar-refractivity contribution in [3.8, 4) is 0 Å². The van der Waals surface area contributed by atoms with Gasteiger partial charge in [0.1, 0.15) is 12.6 Å². The van der Waals surface area contributed by atoms with Crippen LogP contribution in [0.4, 0.5) is 0 Å². The van der Waals surface area contributed by atoms with E-state index < -0.39 is 13.9 Å². The Balaban J connectivity index is 1.78. The Bertz CT molecular complexity index is 1000. The highest BCUT2D eigenvalue weighted by Crippen LogP contribution is 2.59. The zero-order valence-corrected chi connectivity index (χ0v) is 26.9. The van der Waals surface area contributed by atoms with E-state index in [2.05, 4.69) is 65.5 Å². The van der Waals surface area contributed by atoms with Crippen molar-refractivity contribution in [3.63, 3.8) is 0 Å². The first-order chi connectivity index (χ1) is 18.0. The van der Waals surface area contributed by atoms with Gasteiger partial charge in [-0.3, -0.25) is 4.52 Å². The third-order valence-corrected chi connectivity index (χ3v) is 10.8. The molecule has 222 valence electrons. The molecule has 3 aliphatic rings. The Kier molecular flexibility index (Phi) is 10.8. The van der Waals surface area contributed by atoms with Crippen molar-refractivity contribution in [2.75, 3.05) is 27.7 Å². The summed E-state index contributed by atoms with van der Waals surface area (Å²) in [5, 5.41) is 0. The summed E-state index contributed by atoms with van der Waals surface area (Å²) in [7, 11) is 1.55. The fraction of sp³-hybridized carbons (Fsp3) is 0.758. The van der Waals surface area contributed by atoms with Crippen LogP contribution in [0.2, 0.25) is 0 Å². The number of allylic oxidation sites excluding steroid dienone is 7. The van der Waals surface area contributed by atoms with E-state index in [4.69, 9.17) is 4.52 Å². The molecule has 0 aromatic rings. The van der Waals surface area contributed by atoms with Gasteiger partial charge in [0.25, 0.3) is 0 Å². The van der Waals surface area contributed by atoms with Gasteiger partial charge in [-0.1, -0.05) is 76.6 Å². The molecule has 0 saturated heterocycles. The topological polar surface area (TPSA) is 66.8 Å². The SMILES string of the molecule is C=C1CC[C@H](C(C[N+](C)(C)C)OP(=O)(O)O)C/C1=C/C=C1\CCC[C@]2(C)[C@@H]([C@H](C)C=C[C@H](C)C(C)C)CC[C@@H]12. The molecule has 5 nitrogen and oxygen atoms in total. The summed E-state index contributed by atoms with van der Waals surface area (Å²) < 4.78 is 17.7. The molecule has 0 aromatic heterocycles. The van der Waals surface area contributed by atoms with Crippen molar-refractivity contribution in [1.29, 1.82) is 0 Å². The van der Waals surface area contributed by atoms with Gasteiger partial charge in [-0.15, -0.1) is 0 Å². The van der Waals surface area contributed by atoms with Crippen LogP contribution in [0.3, 0.4) is 0 Å². The third-order valence-electron chi connectivity index (χ3n) is 10.2. The molecule has 0 radical (unpaired) electrons. The minimum atomic E-state index is -4.57. The maximum absolute atomic E-state index is 11.8. The predicted octanol–water partition coefficient (Wildman–Crippen LogP) is 8.08. The number of fused-ring (bicyclic) bond motifs is 1. The summed E-state index contributed by atoms with van der Waals surface area (Å²) in [6.45, 7) is 16.8. The van der Waals surface area contributed by atoms with Crippen molar-refractivity contribution >= 4 is 7.82 Å². The van der Waals surface area contributed by atoms with Crippen LogP contribution in [0.1, 0.15) is 86.0 Å². The molecule has 3 saturated carbocycles. The van der Waals surface area contributed by atoms with E-state index >= 15 is 0 Å². The van der Waals surface area contributed by atoms with Crippen molar-refractivity contribution < 1.29 is 23.4 Å². The molecule has 0 aromatic carbocycles. The van der Waals surface area contributed by atoms with Crippen molar-refractivity contribution in [2.24, 2.45) is 40.9 Å². The average molecular weight is 563 g/mol. The van der Waals surface area contributed by atoms with Crippen LogP contribution in [0.25, 0.3) is 0 Å². The zero-order valence-electron chi connectivity index (χ0n) is 26.0. The Morgan fingerprint density at radius 3 is 2.38 bits per heavy atom. The van der Waals surface area contributed by atoms with Gasteiger partial charge >= 0.3 is 7.82 Å². The molecule has 39 heavy (non-hydrogen) atoms. The van der Waals surface area contributed by atoms with Crippen LogP contribution in [0, 0.1) is 40.9 Å². The lowest BCUT2D eigenvalue weighted by molar-refractivity contribution is -0.873. The Hall–Kier alpha value is -0.970. The first-order valence-electron chi connectivity index (χ1n) is 15.3. The highest BCUT2D eigenvalue weighted by atomic mass is 31.2. The summed E-state index contributed by atoms with van der Waals surface area (Å²) >= 11 is 0. The van der Waals surface area contributed by atoms with Crippen molar-refractivity contribution in [2.45, 2.75) is 92.1 Å². The van der Waals surface area contributed by atoms with E-state index in [1.807, 2.05) is 21.1 Å². The minimum absolute atomic E-state index is 0.0680. The van der Waals surface area contributed by atoms with Gasteiger partial charge in [0, 0.05) is 0 Å². The quantitative estimate of drug-likeness (QED) is 0.160. The normalized spacial score (nSPS) is 33.2. The smallest absolute Gasteiger partial charge is 0.329 e. The number of phosphoric ester groups is 1. The van der Waals surface area contributed by atoms with E-state index in [1.165, 1.54) is 37.7 Å². The van der Waals surface area contributed by atoms with Crippen LogP contribution in [-0.4, -0.2) is 48.1 Å². The monoisotopic (exact) mass is 562 g/mol. The molecule has 1 unspecified atom stereocenters. The van der Waals surface area contributed by atoms with Gasteiger partial charge in [-0.05, 0) is 97.9 Å². The standard InChI is InChI=1S/C33H56NO4P/c1-23(2)24(3)12-13-26(5)30-18-19-31-27(11-10-20-33(30,31)6)16-17-28-21-29(15-14-25(28)4)32(22-34(7,8)9)38-39(35,36)37/h12-13,16-17,23-24,26,29-32H,4,10-11,14-15,18-22H2,1-3,5-9H3,(H-,35,36,37)/p+1/b13-12?,27-16+,28-17-/t24-,26+,29-,30+,31-,32?,33+/m0/s1. The van der Waals surface area contributed by atoms with Gasteiger partial charge in [0.15, 0.2) is 0 Å². The van der Waals surface area contributed by atoms with Crippen LogP contribution in [-0.2, 0) is 9.09 Å². The Morgan fingerprint density at radius 2 is 1.77 bits per heavy atom. The largest absolute Gasteiger partial charge is 0.470 e. The second-order valence-electron chi connectivity index (χ2n) is 14.6. The molecular weight excluding hydrogens is 505 g/mol. The molecular formula is C33H57NO4P+. The predicted molar refractivity (Wildman–Crippen MR) is 163 cm³/mol. The molecule has 3 fully saturated rings. The number of hydrogen-bond donors (Lipinski definition) is 2. The number of likely N-dealkylation sites (N-methyl/N-ethyl adjacent to an activating group) is 1. The highest BCUT2D eigenvalue weighted by Gasteiger charge is 2.50. The molecule has 0 bridgehead atoms. The Labute approximate surface area is 239 Å². The Morgan fingerprint density at radius 1 is 1.08 bits per heavy atom.